The summed E-state index contributed by atoms with van der Waals surface area (Å²) in [5.41, 5.74) is 2.36. The molecule has 2 aromatic heterocycles. The third-order valence-corrected chi connectivity index (χ3v) is 5.55. The number of hydrogen-bond acceptors (Lipinski definition) is 6. The Morgan fingerprint density at radius 3 is 2.69 bits per heavy atom. The van der Waals surface area contributed by atoms with E-state index in [1.165, 1.54) is 0 Å². The lowest BCUT2D eigenvalue weighted by molar-refractivity contribution is 0.0766. The Morgan fingerprint density at radius 1 is 1.21 bits per heavy atom. The quantitative estimate of drug-likeness (QED) is 0.662. The number of amides is 1. The van der Waals surface area contributed by atoms with Gasteiger partial charge in [-0.1, -0.05) is 5.16 Å². The van der Waals surface area contributed by atoms with Crippen molar-refractivity contribution in [2.75, 3.05) is 13.1 Å². The first-order valence-corrected chi connectivity index (χ1v) is 9.97. The monoisotopic (exact) mass is 393 g/mol. The molecule has 1 saturated heterocycles. The largest absolute Gasteiger partial charge is 0.489 e. The van der Waals surface area contributed by atoms with Gasteiger partial charge < -0.3 is 14.2 Å². The second-order valence-corrected chi connectivity index (χ2v) is 7.83. The van der Waals surface area contributed by atoms with Crippen LogP contribution in [-0.2, 0) is 7.05 Å². The molecule has 29 heavy (non-hydrogen) atoms. The summed E-state index contributed by atoms with van der Waals surface area (Å²) in [5, 5.41) is 8.35. The predicted octanol–water partition coefficient (Wildman–Crippen LogP) is 2.95. The summed E-state index contributed by atoms with van der Waals surface area (Å²) < 4.78 is 13.1. The molecule has 2 aliphatic rings. The first-order chi connectivity index (χ1) is 14.1. The van der Waals surface area contributed by atoms with E-state index in [1.54, 1.807) is 9.58 Å². The summed E-state index contributed by atoms with van der Waals surface area (Å²) in [7, 11) is 1.84. The maximum Gasteiger partial charge on any atom is 0.274 e. The van der Waals surface area contributed by atoms with Crippen LogP contribution in [0.2, 0.25) is 0 Å². The average molecular weight is 393 g/mol. The van der Waals surface area contributed by atoms with Crippen molar-refractivity contribution in [3.8, 4) is 17.1 Å². The molecule has 1 unspecified atom stereocenters. The average Bonchev–Trinajstić information content (AvgIpc) is 3.12. The molecule has 3 heterocycles. The number of nitrogens with zero attached hydrogens (tertiary/aromatic N) is 5. The van der Waals surface area contributed by atoms with Gasteiger partial charge in [-0.05, 0) is 50.1 Å². The number of hydrogen-bond donors (Lipinski definition) is 0. The Hall–Kier alpha value is -3.16. The molecule has 1 saturated carbocycles. The van der Waals surface area contributed by atoms with Crippen LogP contribution in [0.1, 0.15) is 47.3 Å². The molecular weight excluding hydrogens is 370 g/mol. The first-order valence-electron chi connectivity index (χ1n) is 9.97. The van der Waals surface area contributed by atoms with Crippen LogP contribution in [0.25, 0.3) is 11.4 Å². The third kappa shape index (κ3) is 3.62. The summed E-state index contributed by atoms with van der Waals surface area (Å²) in [6.45, 7) is 3.17. The number of benzene rings is 1. The van der Waals surface area contributed by atoms with E-state index in [0.717, 1.165) is 42.2 Å². The van der Waals surface area contributed by atoms with Gasteiger partial charge in [-0.15, -0.1) is 0 Å². The van der Waals surface area contributed by atoms with Gasteiger partial charge in [0.15, 0.2) is 5.69 Å². The molecule has 8 nitrogen and oxygen atoms in total. The zero-order valence-electron chi connectivity index (χ0n) is 16.5. The molecule has 2 fully saturated rings. The molecule has 3 aromatic rings. The molecule has 0 spiro atoms. The van der Waals surface area contributed by atoms with E-state index < -0.39 is 0 Å². The minimum atomic E-state index is -0.0429. The molecule has 150 valence electrons. The molecule has 8 heteroatoms. The predicted molar refractivity (Wildman–Crippen MR) is 105 cm³/mol. The van der Waals surface area contributed by atoms with Crippen molar-refractivity contribution < 1.29 is 14.1 Å². The third-order valence-electron chi connectivity index (χ3n) is 5.55. The van der Waals surface area contributed by atoms with Crippen molar-refractivity contribution in [2.45, 2.75) is 38.2 Å². The Morgan fingerprint density at radius 2 is 2.00 bits per heavy atom. The molecule has 1 aromatic carbocycles. The lowest BCUT2D eigenvalue weighted by Crippen LogP contribution is -2.31. The van der Waals surface area contributed by atoms with Crippen molar-refractivity contribution >= 4 is 5.91 Å². The van der Waals surface area contributed by atoms with Gasteiger partial charge >= 0.3 is 0 Å². The molecule has 1 amide bonds. The van der Waals surface area contributed by atoms with E-state index in [0.29, 0.717) is 30.5 Å². The van der Waals surface area contributed by atoms with Gasteiger partial charge in [0, 0.05) is 37.2 Å². The van der Waals surface area contributed by atoms with Gasteiger partial charge in [-0.2, -0.15) is 10.1 Å². The Balaban J connectivity index is 1.20. The fourth-order valence-electron chi connectivity index (χ4n) is 3.56. The van der Waals surface area contributed by atoms with Crippen molar-refractivity contribution in [3.05, 3.63) is 47.6 Å². The summed E-state index contributed by atoms with van der Waals surface area (Å²) in [6, 6.07) is 9.52. The number of carbonyl (C=O) groups excluding carboxylic acids is 1. The van der Waals surface area contributed by atoms with Crippen LogP contribution in [0.3, 0.4) is 0 Å². The highest BCUT2D eigenvalue weighted by molar-refractivity contribution is 5.92. The smallest absolute Gasteiger partial charge is 0.274 e. The number of aryl methyl sites for hydroxylation is 2. The minimum absolute atomic E-state index is 0.0266. The maximum absolute atomic E-state index is 12.6. The Bertz CT molecular complexity index is 1020. The van der Waals surface area contributed by atoms with E-state index in [9.17, 15) is 4.79 Å². The zero-order chi connectivity index (χ0) is 20.0. The summed E-state index contributed by atoms with van der Waals surface area (Å²) >= 11 is 0. The van der Waals surface area contributed by atoms with E-state index in [4.69, 9.17) is 9.26 Å². The second kappa shape index (κ2) is 7.02. The van der Waals surface area contributed by atoms with E-state index in [1.807, 2.05) is 44.3 Å². The lowest BCUT2D eigenvalue weighted by atomic mass is 10.2. The second-order valence-electron chi connectivity index (χ2n) is 7.83. The highest BCUT2D eigenvalue weighted by atomic mass is 16.5. The Kier molecular flexibility index (Phi) is 4.34. The fourth-order valence-corrected chi connectivity index (χ4v) is 3.56. The standard InChI is InChI=1S/C21H23N5O3/c1-13-11-18(23-25(13)2)21(27)26-10-9-17(12-26)28-16-7-5-14(6-8-16)19-22-20(29-24-19)15-3-4-15/h5-8,11,15,17H,3-4,9-10,12H2,1-2H3. The van der Waals surface area contributed by atoms with Gasteiger partial charge in [0.05, 0.1) is 6.54 Å². The van der Waals surface area contributed by atoms with Gasteiger partial charge in [0.2, 0.25) is 11.7 Å². The van der Waals surface area contributed by atoms with Crippen molar-refractivity contribution in [3.63, 3.8) is 0 Å². The summed E-state index contributed by atoms with van der Waals surface area (Å²) in [6.07, 6.45) is 3.04. The molecule has 1 atom stereocenters. The molecule has 0 bridgehead atoms. The summed E-state index contributed by atoms with van der Waals surface area (Å²) in [4.78, 5) is 18.9. The normalized spacial score (nSPS) is 19.0. The lowest BCUT2D eigenvalue weighted by Gasteiger charge is -2.16. The van der Waals surface area contributed by atoms with Crippen LogP contribution < -0.4 is 4.74 Å². The summed E-state index contributed by atoms with van der Waals surface area (Å²) in [5.74, 6) is 2.52. The number of aromatic nitrogens is 4. The molecule has 5 rings (SSSR count). The van der Waals surface area contributed by atoms with Crippen molar-refractivity contribution in [1.29, 1.82) is 0 Å². The van der Waals surface area contributed by atoms with Crippen LogP contribution in [0.15, 0.2) is 34.9 Å². The first kappa shape index (κ1) is 17.9. The maximum atomic E-state index is 12.6. The zero-order valence-corrected chi connectivity index (χ0v) is 16.5. The number of rotatable bonds is 5. The highest BCUT2D eigenvalue weighted by Crippen LogP contribution is 2.39. The number of carbonyl (C=O) groups is 1. The van der Waals surface area contributed by atoms with Crippen LogP contribution in [0.5, 0.6) is 5.75 Å². The molecular formula is C21H23N5O3. The van der Waals surface area contributed by atoms with Crippen molar-refractivity contribution in [2.24, 2.45) is 7.05 Å². The van der Waals surface area contributed by atoms with Gasteiger partial charge in [0.1, 0.15) is 11.9 Å². The van der Waals surface area contributed by atoms with E-state index in [2.05, 4.69) is 15.2 Å². The minimum Gasteiger partial charge on any atom is -0.489 e. The number of likely N-dealkylation sites (tertiary alicyclic amines) is 1. The van der Waals surface area contributed by atoms with Gasteiger partial charge in [-0.3, -0.25) is 9.48 Å². The highest BCUT2D eigenvalue weighted by Gasteiger charge is 2.31. The van der Waals surface area contributed by atoms with E-state index >= 15 is 0 Å². The number of ether oxygens (including phenoxy) is 1. The van der Waals surface area contributed by atoms with Crippen LogP contribution >= 0.6 is 0 Å². The molecule has 0 radical (unpaired) electrons. The van der Waals surface area contributed by atoms with Gasteiger partial charge in [0.25, 0.3) is 5.91 Å². The topological polar surface area (TPSA) is 86.3 Å². The SMILES string of the molecule is Cc1cc(C(=O)N2CCC(Oc3ccc(-c4noc(C5CC5)n4)cc3)C2)nn1C. The van der Waals surface area contributed by atoms with Gasteiger partial charge in [-0.25, -0.2) is 0 Å². The van der Waals surface area contributed by atoms with Crippen molar-refractivity contribution in [1.82, 2.24) is 24.8 Å². The molecule has 1 aliphatic carbocycles. The van der Waals surface area contributed by atoms with E-state index in [-0.39, 0.29) is 12.0 Å². The molecule has 1 aliphatic heterocycles. The fraction of sp³-hybridized carbons (Fsp3) is 0.429. The Labute approximate surface area is 168 Å². The van der Waals surface area contributed by atoms with Crippen LogP contribution in [0.4, 0.5) is 0 Å². The van der Waals surface area contributed by atoms with Crippen LogP contribution in [0, 0.1) is 6.92 Å². The molecule has 0 N–H and O–H groups in total. The van der Waals surface area contributed by atoms with Crippen LogP contribution in [-0.4, -0.2) is 49.9 Å².